The molecule has 8 heteroatoms. The lowest BCUT2D eigenvalue weighted by atomic mass is 10.1. The number of rotatable bonds is 6. The van der Waals surface area contributed by atoms with Crippen molar-refractivity contribution in [1.29, 1.82) is 0 Å². The Morgan fingerprint density at radius 1 is 1.00 bits per heavy atom. The predicted molar refractivity (Wildman–Crippen MR) is 102 cm³/mol. The van der Waals surface area contributed by atoms with E-state index in [1.165, 1.54) is 0 Å². The molecule has 5 N–H and O–H groups in total. The zero-order valence-electron chi connectivity index (χ0n) is 14.2. The van der Waals surface area contributed by atoms with Gasteiger partial charge in [-0.3, -0.25) is 9.59 Å². The average Bonchev–Trinajstić information content (AvgIpc) is 2.67. The van der Waals surface area contributed by atoms with Crippen molar-refractivity contribution < 1.29 is 14.7 Å². The van der Waals surface area contributed by atoms with Crippen molar-refractivity contribution >= 4 is 29.3 Å². The molecule has 2 aromatic carbocycles. The first-order valence-corrected chi connectivity index (χ1v) is 8.08. The third kappa shape index (κ3) is 4.79. The molecule has 0 aliphatic heterocycles. The van der Waals surface area contributed by atoms with E-state index in [1.54, 1.807) is 30.3 Å². The Hall–Kier alpha value is -3.94. The van der Waals surface area contributed by atoms with Crippen LogP contribution in [0, 0.1) is 0 Å². The summed E-state index contributed by atoms with van der Waals surface area (Å²) in [5.41, 5.74) is 7.91. The molecule has 0 fully saturated rings. The van der Waals surface area contributed by atoms with Gasteiger partial charge in [0.2, 0.25) is 5.95 Å². The third-order valence-electron chi connectivity index (χ3n) is 3.58. The van der Waals surface area contributed by atoms with Gasteiger partial charge in [0, 0.05) is 22.9 Å². The molecule has 0 bridgehead atoms. The lowest BCUT2D eigenvalue weighted by Gasteiger charge is -2.10. The maximum Gasteiger partial charge on any atom is 0.322 e. The van der Waals surface area contributed by atoms with Crippen LogP contribution in [0.3, 0.4) is 0 Å². The first kappa shape index (κ1) is 17.9. The Balaban J connectivity index is 1.92. The monoisotopic (exact) mass is 363 g/mol. The number of carbonyl (C=O) groups excluding carboxylic acids is 1. The molecule has 0 saturated heterocycles. The number of carboxylic acid groups (broad SMARTS) is 1. The number of aromatic nitrogens is 2. The number of nitrogens with zero attached hydrogens (tertiary/aromatic N) is 2. The lowest BCUT2D eigenvalue weighted by Crippen LogP contribution is -2.17. The minimum absolute atomic E-state index is 0.0987. The van der Waals surface area contributed by atoms with Gasteiger partial charge in [-0.05, 0) is 18.2 Å². The van der Waals surface area contributed by atoms with E-state index in [-0.39, 0.29) is 24.2 Å². The normalized spacial score (nSPS) is 10.2. The number of nitrogens with one attached hydrogen (secondary N) is 2. The summed E-state index contributed by atoms with van der Waals surface area (Å²) in [7, 11) is 0. The third-order valence-corrected chi connectivity index (χ3v) is 3.58. The van der Waals surface area contributed by atoms with Crippen LogP contribution in [-0.2, 0) is 4.79 Å². The van der Waals surface area contributed by atoms with Crippen LogP contribution in [-0.4, -0.2) is 33.5 Å². The summed E-state index contributed by atoms with van der Waals surface area (Å²) in [5.74, 6) is -1.09. The molecule has 1 aromatic heterocycles. The average molecular weight is 363 g/mol. The maximum absolute atomic E-state index is 12.4. The van der Waals surface area contributed by atoms with Crippen molar-refractivity contribution in [3.63, 3.8) is 0 Å². The second-order valence-electron chi connectivity index (χ2n) is 5.65. The second kappa shape index (κ2) is 7.96. The fraction of sp³-hybridized carbons (Fsp3) is 0.0526. The first-order valence-electron chi connectivity index (χ1n) is 8.08. The summed E-state index contributed by atoms with van der Waals surface area (Å²) in [6, 6.07) is 17.5. The number of amides is 1. The fourth-order valence-electron chi connectivity index (χ4n) is 2.37. The predicted octanol–water partition coefficient (Wildman–Crippen LogP) is 2.47. The molecule has 0 unspecified atom stereocenters. The van der Waals surface area contributed by atoms with Gasteiger partial charge in [-0.25, -0.2) is 4.98 Å². The van der Waals surface area contributed by atoms with Crippen molar-refractivity contribution in [2.75, 3.05) is 22.9 Å². The Kier molecular flexibility index (Phi) is 5.27. The molecule has 8 nitrogen and oxygen atoms in total. The zero-order chi connectivity index (χ0) is 19.2. The number of hydrogen-bond donors (Lipinski definition) is 4. The van der Waals surface area contributed by atoms with Gasteiger partial charge >= 0.3 is 5.97 Å². The number of hydrogen-bond acceptors (Lipinski definition) is 6. The van der Waals surface area contributed by atoms with E-state index in [1.807, 2.05) is 30.3 Å². The highest BCUT2D eigenvalue weighted by Gasteiger charge is 2.12. The van der Waals surface area contributed by atoms with Crippen LogP contribution in [0.4, 0.5) is 17.5 Å². The van der Waals surface area contributed by atoms with Crippen molar-refractivity contribution in [3.8, 4) is 11.3 Å². The van der Waals surface area contributed by atoms with Gasteiger partial charge in [-0.1, -0.05) is 36.4 Å². The van der Waals surface area contributed by atoms with Crippen LogP contribution in [0.15, 0.2) is 60.7 Å². The number of carboxylic acids is 1. The van der Waals surface area contributed by atoms with Crippen molar-refractivity contribution in [2.45, 2.75) is 0 Å². The molecular formula is C19H17N5O3. The largest absolute Gasteiger partial charge is 0.480 e. The van der Waals surface area contributed by atoms with Gasteiger partial charge in [0.15, 0.2) is 0 Å². The minimum atomic E-state index is -1.05. The van der Waals surface area contributed by atoms with Crippen LogP contribution in [0.5, 0.6) is 0 Å². The fourth-order valence-corrected chi connectivity index (χ4v) is 2.37. The van der Waals surface area contributed by atoms with E-state index in [9.17, 15) is 9.59 Å². The second-order valence-corrected chi connectivity index (χ2v) is 5.65. The number of nitrogen functional groups attached to an aromatic ring is 1. The molecule has 0 atom stereocenters. The van der Waals surface area contributed by atoms with Gasteiger partial charge in [-0.15, -0.1) is 0 Å². The molecule has 27 heavy (non-hydrogen) atoms. The van der Waals surface area contributed by atoms with Crippen LogP contribution in [0.25, 0.3) is 11.3 Å². The van der Waals surface area contributed by atoms with E-state index < -0.39 is 5.97 Å². The Bertz CT molecular complexity index is 976. The Morgan fingerprint density at radius 3 is 2.48 bits per heavy atom. The summed E-state index contributed by atoms with van der Waals surface area (Å²) in [4.78, 5) is 31.7. The number of aliphatic carboxylic acids is 1. The molecular weight excluding hydrogens is 346 g/mol. The Labute approximate surface area is 155 Å². The summed E-state index contributed by atoms with van der Waals surface area (Å²) in [6.45, 7) is -0.346. The van der Waals surface area contributed by atoms with E-state index in [4.69, 9.17) is 10.8 Å². The van der Waals surface area contributed by atoms with Gasteiger partial charge in [-0.2, -0.15) is 4.98 Å². The van der Waals surface area contributed by atoms with E-state index >= 15 is 0 Å². The van der Waals surface area contributed by atoms with Crippen molar-refractivity contribution in [1.82, 2.24) is 9.97 Å². The summed E-state index contributed by atoms with van der Waals surface area (Å²) in [5, 5.41) is 14.2. The quantitative estimate of drug-likeness (QED) is 0.495. The van der Waals surface area contributed by atoms with Gasteiger partial charge in [0.25, 0.3) is 5.91 Å². The number of anilines is 3. The molecule has 1 heterocycles. The number of nitrogens with two attached hydrogens (primary N) is 1. The van der Waals surface area contributed by atoms with Gasteiger partial charge in [0.05, 0.1) is 5.69 Å². The molecule has 1 amide bonds. The van der Waals surface area contributed by atoms with Crippen molar-refractivity contribution in [2.24, 2.45) is 0 Å². The highest BCUT2D eigenvalue weighted by atomic mass is 16.4. The van der Waals surface area contributed by atoms with Crippen LogP contribution in [0.2, 0.25) is 0 Å². The topological polar surface area (TPSA) is 130 Å². The number of benzene rings is 2. The van der Waals surface area contributed by atoms with Gasteiger partial charge < -0.3 is 21.5 Å². The summed E-state index contributed by atoms with van der Waals surface area (Å²) in [6.07, 6.45) is 0. The molecule has 3 aromatic rings. The summed E-state index contributed by atoms with van der Waals surface area (Å²) < 4.78 is 0. The minimum Gasteiger partial charge on any atom is -0.480 e. The van der Waals surface area contributed by atoms with Crippen LogP contribution < -0.4 is 16.4 Å². The number of carbonyl (C=O) groups is 2. The van der Waals surface area contributed by atoms with Gasteiger partial charge in [0.1, 0.15) is 12.4 Å². The lowest BCUT2D eigenvalue weighted by molar-refractivity contribution is -0.134. The van der Waals surface area contributed by atoms with Crippen LogP contribution in [0.1, 0.15) is 10.4 Å². The standard InChI is InChI=1S/C19H17N5O3/c20-14-8-4-7-13(9-14)18(27)23-16-10-15(12-5-2-1-3-6-12)22-19(24-16)21-11-17(25)26/h1-10H,11,20H2,(H,25,26)(H2,21,22,23,24,27). The first-order chi connectivity index (χ1) is 13.0. The SMILES string of the molecule is Nc1cccc(C(=O)Nc2cc(-c3ccccc3)nc(NCC(=O)O)n2)c1. The molecule has 0 aliphatic carbocycles. The Morgan fingerprint density at radius 2 is 1.78 bits per heavy atom. The molecule has 3 rings (SSSR count). The maximum atomic E-state index is 12.4. The zero-order valence-corrected chi connectivity index (χ0v) is 14.2. The molecule has 0 saturated carbocycles. The van der Waals surface area contributed by atoms with Crippen LogP contribution >= 0.6 is 0 Å². The molecule has 0 spiro atoms. The highest BCUT2D eigenvalue weighted by molar-refractivity contribution is 6.04. The molecule has 0 radical (unpaired) electrons. The van der Waals surface area contributed by atoms with E-state index in [0.29, 0.717) is 16.9 Å². The molecule has 136 valence electrons. The molecule has 0 aliphatic rings. The van der Waals surface area contributed by atoms with Crippen molar-refractivity contribution in [3.05, 3.63) is 66.2 Å². The summed E-state index contributed by atoms with van der Waals surface area (Å²) >= 11 is 0. The van der Waals surface area contributed by atoms with E-state index in [0.717, 1.165) is 5.56 Å². The highest BCUT2D eigenvalue weighted by Crippen LogP contribution is 2.21. The van der Waals surface area contributed by atoms with E-state index in [2.05, 4.69) is 20.6 Å². The smallest absolute Gasteiger partial charge is 0.322 e.